The Balaban J connectivity index is 2.00. The number of hydrogen-bond acceptors (Lipinski definition) is 3. The van der Waals surface area contributed by atoms with Crippen LogP contribution in [0.3, 0.4) is 0 Å². The number of carbonyl (C=O) groups excluding carboxylic acids is 2. The molecule has 0 aliphatic carbocycles. The molecule has 0 radical (unpaired) electrons. The molecule has 0 saturated heterocycles. The van der Waals surface area contributed by atoms with Gasteiger partial charge in [0.2, 0.25) is 0 Å². The molecule has 0 unspecified atom stereocenters. The number of nitrogens with zero attached hydrogens (tertiary/aromatic N) is 1. The fourth-order valence-electron chi connectivity index (χ4n) is 1.41. The van der Waals surface area contributed by atoms with Crippen LogP contribution in [0.2, 0.25) is 5.02 Å². The number of pyridine rings is 1. The molecule has 5 nitrogen and oxygen atoms in total. The van der Waals surface area contributed by atoms with Crippen LogP contribution in [-0.2, 0) is 0 Å². The number of anilines is 1. The van der Waals surface area contributed by atoms with E-state index in [0.717, 1.165) is 0 Å². The molecule has 6 heteroatoms. The molecule has 0 atom stereocenters. The molecule has 2 N–H and O–H groups in total. The van der Waals surface area contributed by atoms with Crippen LogP contribution in [0.15, 0.2) is 48.8 Å². The van der Waals surface area contributed by atoms with Gasteiger partial charge in [-0.25, -0.2) is 4.79 Å². The molecule has 1 aromatic carbocycles. The topological polar surface area (TPSA) is 71.1 Å². The second-order valence-electron chi connectivity index (χ2n) is 3.62. The first kappa shape index (κ1) is 13.0. The minimum Gasteiger partial charge on any atom is -0.308 e. The lowest BCUT2D eigenvalue weighted by molar-refractivity contribution is 0.0967. The number of halogens is 1. The van der Waals surface area contributed by atoms with E-state index in [1.165, 1.54) is 18.5 Å². The first-order valence-corrected chi connectivity index (χ1v) is 5.81. The standard InChI is InChI=1S/C13H10ClN3O2/c14-11-4-2-1-3-10(11)12(18)17-13(19)16-9-5-7-15-8-6-9/h1-8H,(H2,15,16,17,18,19). The summed E-state index contributed by atoms with van der Waals surface area (Å²) in [6.07, 6.45) is 3.07. The summed E-state index contributed by atoms with van der Waals surface area (Å²) in [7, 11) is 0. The summed E-state index contributed by atoms with van der Waals surface area (Å²) in [5.74, 6) is -0.558. The fraction of sp³-hybridized carbons (Fsp3) is 0. The second kappa shape index (κ2) is 5.97. The Labute approximate surface area is 114 Å². The van der Waals surface area contributed by atoms with E-state index in [2.05, 4.69) is 15.6 Å². The lowest BCUT2D eigenvalue weighted by Gasteiger charge is -2.07. The largest absolute Gasteiger partial charge is 0.326 e. The van der Waals surface area contributed by atoms with E-state index in [-0.39, 0.29) is 10.6 Å². The highest BCUT2D eigenvalue weighted by Gasteiger charge is 2.12. The Morgan fingerprint density at radius 2 is 1.74 bits per heavy atom. The molecule has 3 amide bonds. The molecule has 0 fully saturated rings. The number of carbonyl (C=O) groups is 2. The molecule has 1 heterocycles. The third-order valence-corrected chi connectivity index (χ3v) is 2.61. The number of nitrogens with one attached hydrogen (secondary N) is 2. The number of benzene rings is 1. The van der Waals surface area contributed by atoms with Crippen LogP contribution in [0.5, 0.6) is 0 Å². The van der Waals surface area contributed by atoms with Gasteiger partial charge in [-0.15, -0.1) is 0 Å². The van der Waals surface area contributed by atoms with Crippen LogP contribution in [0, 0.1) is 0 Å². The van der Waals surface area contributed by atoms with Crippen molar-refractivity contribution in [2.45, 2.75) is 0 Å². The van der Waals surface area contributed by atoms with Crippen LogP contribution < -0.4 is 10.6 Å². The van der Waals surface area contributed by atoms with E-state index in [4.69, 9.17) is 11.6 Å². The van der Waals surface area contributed by atoms with Crippen molar-refractivity contribution >= 4 is 29.2 Å². The summed E-state index contributed by atoms with van der Waals surface area (Å²) in [6.45, 7) is 0. The monoisotopic (exact) mass is 275 g/mol. The lowest BCUT2D eigenvalue weighted by atomic mass is 10.2. The molecular formula is C13H10ClN3O2. The zero-order valence-corrected chi connectivity index (χ0v) is 10.5. The highest BCUT2D eigenvalue weighted by Crippen LogP contribution is 2.14. The van der Waals surface area contributed by atoms with Crippen LogP contribution in [0.1, 0.15) is 10.4 Å². The lowest BCUT2D eigenvalue weighted by Crippen LogP contribution is -2.34. The molecule has 1 aromatic heterocycles. The molecule has 0 aliphatic rings. The average Bonchev–Trinajstić information content (AvgIpc) is 2.40. The summed E-state index contributed by atoms with van der Waals surface area (Å²) in [6, 6.07) is 9.09. The van der Waals surface area contributed by atoms with Crippen LogP contribution in [0.4, 0.5) is 10.5 Å². The molecule has 19 heavy (non-hydrogen) atoms. The molecule has 96 valence electrons. The first-order valence-electron chi connectivity index (χ1n) is 5.43. The third kappa shape index (κ3) is 3.53. The number of rotatable bonds is 2. The van der Waals surface area contributed by atoms with Gasteiger partial charge in [0.15, 0.2) is 0 Å². The molecule has 0 spiro atoms. The Bertz CT molecular complexity index is 602. The van der Waals surface area contributed by atoms with Gasteiger partial charge in [0.05, 0.1) is 10.6 Å². The van der Waals surface area contributed by atoms with E-state index >= 15 is 0 Å². The Morgan fingerprint density at radius 3 is 2.42 bits per heavy atom. The number of aromatic nitrogens is 1. The van der Waals surface area contributed by atoms with Crippen molar-refractivity contribution in [2.24, 2.45) is 0 Å². The SMILES string of the molecule is O=C(NC(=O)c1ccccc1Cl)Nc1ccncc1. The average molecular weight is 276 g/mol. The van der Waals surface area contributed by atoms with Crippen LogP contribution in [0.25, 0.3) is 0 Å². The summed E-state index contributed by atoms with van der Waals surface area (Å²) in [4.78, 5) is 27.2. The van der Waals surface area contributed by atoms with Gasteiger partial charge < -0.3 is 5.32 Å². The predicted octanol–water partition coefficient (Wildman–Crippen LogP) is 2.70. The third-order valence-electron chi connectivity index (χ3n) is 2.28. The zero-order valence-electron chi connectivity index (χ0n) is 9.76. The summed E-state index contributed by atoms with van der Waals surface area (Å²) >= 11 is 5.86. The van der Waals surface area contributed by atoms with Crippen molar-refractivity contribution in [3.05, 3.63) is 59.4 Å². The van der Waals surface area contributed by atoms with Gasteiger partial charge in [-0.2, -0.15) is 0 Å². The van der Waals surface area contributed by atoms with Gasteiger partial charge in [0, 0.05) is 18.1 Å². The quantitative estimate of drug-likeness (QED) is 0.885. The summed E-state index contributed by atoms with van der Waals surface area (Å²) in [5, 5.41) is 4.99. The number of imide groups is 1. The first-order chi connectivity index (χ1) is 9.16. The molecule has 0 aliphatic heterocycles. The van der Waals surface area contributed by atoms with Crippen LogP contribution >= 0.6 is 11.6 Å². The number of amides is 3. The van der Waals surface area contributed by atoms with E-state index in [1.54, 1.807) is 30.3 Å². The normalized spacial score (nSPS) is 9.74. The fourth-order valence-corrected chi connectivity index (χ4v) is 1.63. The number of hydrogen-bond donors (Lipinski definition) is 2. The zero-order chi connectivity index (χ0) is 13.7. The van der Waals surface area contributed by atoms with E-state index in [1.807, 2.05) is 0 Å². The van der Waals surface area contributed by atoms with Gasteiger partial charge >= 0.3 is 6.03 Å². The highest BCUT2D eigenvalue weighted by atomic mass is 35.5. The van der Waals surface area contributed by atoms with Crippen molar-refractivity contribution in [1.82, 2.24) is 10.3 Å². The minimum atomic E-state index is -0.629. The Morgan fingerprint density at radius 1 is 1.05 bits per heavy atom. The van der Waals surface area contributed by atoms with Crippen molar-refractivity contribution in [3.8, 4) is 0 Å². The molecule has 0 bridgehead atoms. The Kier molecular flexibility index (Phi) is 4.10. The van der Waals surface area contributed by atoms with Crippen molar-refractivity contribution in [3.63, 3.8) is 0 Å². The molecule has 2 rings (SSSR count). The summed E-state index contributed by atoms with van der Waals surface area (Å²) in [5.41, 5.74) is 0.786. The molecule has 0 saturated carbocycles. The summed E-state index contributed by atoms with van der Waals surface area (Å²) < 4.78 is 0. The molecular weight excluding hydrogens is 266 g/mol. The van der Waals surface area contributed by atoms with E-state index in [0.29, 0.717) is 5.69 Å². The van der Waals surface area contributed by atoms with E-state index < -0.39 is 11.9 Å². The minimum absolute atomic E-state index is 0.244. The van der Waals surface area contributed by atoms with Gasteiger partial charge in [-0.05, 0) is 24.3 Å². The molecule has 2 aromatic rings. The second-order valence-corrected chi connectivity index (χ2v) is 4.03. The van der Waals surface area contributed by atoms with Crippen molar-refractivity contribution in [1.29, 1.82) is 0 Å². The number of urea groups is 1. The Hall–Kier alpha value is -2.40. The van der Waals surface area contributed by atoms with Gasteiger partial charge in [-0.3, -0.25) is 15.1 Å². The van der Waals surface area contributed by atoms with Crippen LogP contribution in [-0.4, -0.2) is 16.9 Å². The van der Waals surface area contributed by atoms with Gasteiger partial charge in [0.25, 0.3) is 5.91 Å². The maximum Gasteiger partial charge on any atom is 0.326 e. The van der Waals surface area contributed by atoms with Gasteiger partial charge in [-0.1, -0.05) is 23.7 Å². The highest BCUT2D eigenvalue weighted by molar-refractivity contribution is 6.34. The van der Waals surface area contributed by atoms with E-state index in [9.17, 15) is 9.59 Å². The van der Waals surface area contributed by atoms with Crippen molar-refractivity contribution < 1.29 is 9.59 Å². The maximum absolute atomic E-state index is 11.8. The predicted molar refractivity (Wildman–Crippen MR) is 72.2 cm³/mol. The van der Waals surface area contributed by atoms with Gasteiger partial charge in [0.1, 0.15) is 0 Å². The van der Waals surface area contributed by atoms with Crippen molar-refractivity contribution in [2.75, 3.05) is 5.32 Å². The smallest absolute Gasteiger partial charge is 0.308 e. The maximum atomic E-state index is 11.8.